The van der Waals surface area contributed by atoms with Crippen LogP contribution in [0.4, 0.5) is 17.1 Å². The van der Waals surface area contributed by atoms with Gasteiger partial charge >= 0.3 is 0 Å². The fraction of sp³-hybridized carbons (Fsp3) is 0.250. The van der Waals surface area contributed by atoms with Crippen LogP contribution in [0.2, 0.25) is 0 Å². The van der Waals surface area contributed by atoms with E-state index >= 15 is 0 Å². The van der Waals surface area contributed by atoms with Crippen molar-refractivity contribution in [1.82, 2.24) is 0 Å². The molecule has 4 rings (SSSR count). The highest BCUT2D eigenvalue weighted by Crippen LogP contribution is 2.43. The van der Waals surface area contributed by atoms with Crippen molar-refractivity contribution in [2.75, 3.05) is 4.90 Å². The second kappa shape index (κ2) is 9.08. The van der Waals surface area contributed by atoms with E-state index in [2.05, 4.69) is 84.6 Å². The predicted molar refractivity (Wildman–Crippen MR) is 111 cm³/mol. The third-order valence-electron chi connectivity index (χ3n) is 4.14. The highest BCUT2D eigenvalue weighted by atomic mass is 15.2. The highest BCUT2D eigenvalue weighted by molar-refractivity contribution is 5.83. The molecule has 0 radical (unpaired) electrons. The number of hydrogen-bond donors (Lipinski definition) is 0. The molecule has 0 bridgehead atoms. The minimum Gasteiger partial charge on any atom is -0.310 e. The van der Waals surface area contributed by atoms with E-state index in [1.807, 2.05) is 27.7 Å². The lowest BCUT2D eigenvalue weighted by Gasteiger charge is -2.33. The van der Waals surface area contributed by atoms with Gasteiger partial charge in [0.25, 0.3) is 0 Å². The van der Waals surface area contributed by atoms with Crippen molar-refractivity contribution in [3.8, 4) is 0 Å². The summed E-state index contributed by atoms with van der Waals surface area (Å²) < 4.78 is 0. The van der Waals surface area contributed by atoms with Gasteiger partial charge in [0.05, 0.1) is 0 Å². The number of aryl methyl sites for hydroxylation is 1. The molecule has 0 N–H and O–H groups in total. The van der Waals surface area contributed by atoms with E-state index < -0.39 is 0 Å². The van der Waals surface area contributed by atoms with Gasteiger partial charge in [0.2, 0.25) is 0 Å². The van der Waals surface area contributed by atoms with E-state index in [9.17, 15) is 0 Å². The van der Waals surface area contributed by atoms with E-state index in [0.29, 0.717) is 0 Å². The summed E-state index contributed by atoms with van der Waals surface area (Å²) in [6, 6.07) is 26.1. The zero-order chi connectivity index (χ0) is 18.2. The van der Waals surface area contributed by atoms with Crippen LogP contribution < -0.4 is 4.90 Å². The molecule has 1 heterocycles. The first-order chi connectivity index (χ1) is 12.3. The Morgan fingerprint density at radius 3 is 1.52 bits per heavy atom. The molecule has 1 aliphatic heterocycles. The Kier molecular flexibility index (Phi) is 6.82. The summed E-state index contributed by atoms with van der Waals surface area (Å²) in [4.78, 5) is 2.37. The largest absolute Gasteiger partial charge is 0.310 e. The molecule has 0 unspecified atom stereocenters. The minimum absolute atomic E-state index is 1.01. The number of benzene rings is 3. The maximum atomic E-state index is 2.37. The zero-order valence-electron chi connectivity index (χ0n) is 16.1. The van der Waals surface area contributed by atoms with Crippen LogP contribution in [0.3, 0.4) is 0 Å². The number of hydrogen-bond acceptors (Lipinski definition) is 1. The quantitative estimate of drug-likeness (QED) is 0.351. The lowest BCUT2D eigenvalue weighted by molar-refractivity contribution is 1.09. The molecule has 3 aromatic rings. The van der Waals surface area contributed by atoms with Crippen molar-refractivity contribution in [3.05, 3.63) is 89.5 Å². The minimum atomic E-state index is 1.01. The molecule has 0 amide bonds. The van der Waals surface area contributed by atoms with Gasteiger partial charge in [-0.05, 0) is 42.3 Å². The summed E-state index contributed by atoms with van der Waals surface area (Å²) in [6.07, 6.45) is 1.01. The molecule has 130 valence electrons. The van der Waals surface area contributed by atoms with Crippen LogP contribution in [0, 0.1) is 6.92 Å². The van der Waals surface area contributed by atoms with Crippen LogP contribution in [0.1, 0.15) is 44.4 Å². The van der Waals surface area contributed by atoms with Gasteiger partial charge < -0.3 is 4.90 Å². The average Bonchev–Trinajstić information content (AvgIpc) is 2.70. The molecule has 0 aliphatic carbocycles. The zero-order valence-corrected chi connectivity index (χ0v) is 16.1. The molecule has 1 nitrogen and oxygen atoms in total. The van der Waals surface area contributed by atoms with Crippen molar-refractivity contribution in [2.45, 2.75) is 41.0 Å². The number of para-hydroxylation sites is 2. The summed E-state index contributed by atoms with van der Waals surface area (Å²) in [6.45, 7) is 10.1. The first kappa shape index (κ1) is 18.8. The van der Waals surface area contributed by atoms with Gasteiger partial charge in [0.1, 0.15) is 0 Å². The molecular formula is C24H29N. The molecule has 1 aliphatic rings. The highest BCUT2D eigenvalue weighted by Gasteiger charge is 2.22. The van der Waals surface area contributed by atoms with Crippen LogP contribution in [0.5, 0.6) is 0 Å². The maximum Gasteiger partial charge on any atom is 0.0497 e. The van der Waals surface area contributed by atoms with E-state index in [1.54, 1.807) is 0 Å². The van der Waals surface area contributed by atoms with Crippen LogP contribution in [-0.4, -0.2) is 0 Å². The van der Waals surface area contributed by atoms with Gasteiger partial charge in [-0.1, -0.05) is 81.8 Å². The van der Waals surface area contributed by atoms with E-state index in [1.165, 1.54) is 33.8 Å². The van der Waals surface area contributed by atoms with Gasteiger partial charge in [-0.15, -0.1) is 0 Å². The average molecular weight is 332 g/mol. The number of anilines is 3. The van der Waals surface area contributed by atoms with Crippen molar-refractivity contribution < 1.29 is 0 Å². The Morgan fingerprint density at radius 2 is 1.04 bits per heavy atom. The lowest BCUT2D eigenvalue weighted by atomic mass is 9.95. The molecule has 0 aromatic heterocycles. The summed E-state index contributed by atoms with van der Waals surface area (Å²) in [5.41, 5.74) is 7.87. The van der Waals surface area contributed by atoms with Crippen LogP contribution in [-0.2, 0) is 6.42 Å². The Balaban J connectivity index is 0.000000528. The topological polar surface area (TPSA) is 3.24 Å². The summed E-state index contributed by atoms with van der Waals surface area (Å²) in [7, 11) is 0. The van der Waals surface area contributed by atoms with Crippen molar-refractivity contribution in [2.24, 2.45) is 0 Å². The number of fused-ring (bicyclic) bond motifs is 2. The Hall–Kier alpha value is -2.54. The maximum absolute atomic E-state index is 2.37. The predicted octanol–water partition coefficient (Wildman–Crippen LogP) is 7.42. The molecule has 25 heavy (non-hydrogen) atoms. The van der Waals surface area contributed by atoms with Gasteiger partial charge in [0.15, 0.2) is 0 Å². The summed E-state index contributed by atoms with van der Waals surface area (Å²) >= 11 is 0. The summed E-state index contributed by atoms with van der Waals surface area (Å²) in [5.74, 6) is 0. The van der Waals surface area contributed by atoms with E-state index in [4.69, 9.17) is 0 Å². The Morgan fingerprint density at radius 1 is 0.600 bits per heavy atom. The SMILES string of the molecule is CC.CC.Cc1ccc(N2c3ccccc3Cc3ccccc32)cc1. The van der Waals surface area contributed by atoms with Crippen molar-refractivity contribution in [1.29, 1.82) is 0 Å². The van der Waals surface area contributed by atoms with Gasteiger partial charge in [0, 0.05) is 23.5 Å². The molecule has 1 heteroatoms. The Labute approximate surface area is 153 Å². The standard InChI is InChI=1S/C20H17N.2C2H6/c1-15-10-12-18(13-11-15)21-19-8-4-2-6-16(19)14-17-7-3-5-9-20(17)21;2*1-2/h2-13H,14H2,1H3;2*1-2H3. The first-order valence-corrected chi connectivity index (χ1v) is 9.35. The van der Waals surface area contributed by atoms with Crippen molar-refractivity contribution >= 4 is 17.1 Å². The lowest BCUT2D eigenvalue weighted by Crippen LogP contribution is -2.18. The Bertz CT molecular complexity index is 742. The van der Waals surface area contributed by atoms with Gasteiger partial charge in [-0.3, -0.25) is 0 Å². The molecule has 0 fully saturated rings. The van der Waals surface area contributed by atoms with Crippen molar-refractivity contribution in [3.63, 3.8) is 0 Å². The summed E-state index contributed by atoms with van der Waals surface area (Å²) in [5, 5.41) is 0. The van der Waals surface area contributed by atoms with E-state index in [0.717, 1.165) is 6.42 Å². The normalized spacial score (nSPS) is 11.2. The monoisotopic (exact) mass is 331 g/mol. The third-order valence-corrected chi connectivity index (χ3v) is 4.14. The molecular weight excluding hydrogens is 302 g/mol. The van der Waals surface area contributed by atoms with Crippen LogP contribution >= 0.6 is 0 Å². The smallest absolute Gasteiger partial charge is 0.0497 e. The molecule has 0 atom stereocenters. The van der Waals surface area contributed by atoms with Gasteiger partial charge in [-0.2, -0.15) is 0 Å². The number of rotatable bonds is 1. The fourth-order valence-corrected chi connectivity index (χ4v) is 3.06. The second-order valence-electron chi connectivity index (χ2n) is 5.61. The molecule has 0 spiro atoms. The first-order valence-electron chi connectivity index (χ1n) is 9.35. The van der Waals surface area contributed by atoms with Crippen LogP contribution in [0.15, 0.2) is 72.8 Å². The molecule has 0 saturated heterocycles. The third kappa shape index (κ3) is 3.93. The number of nitrogens with zero attached hydrogens (tertiary/aromatic N) is 1. The molecule has 3 aromatic carbocycles. The van der Waals surface area contributed by atoms with Gasteiger partial charge in [-0.25, -0.2) is 0 Å². The second-order valence-corrected chi connectivity index (χ2v) is 5.61. The fourth-order valence-electron chi connectivity index (χ4n) is 3.06. The van der Waals surface area contributed by atoms with E-state index in [-0.39, 0.29) is 0 Å². The molecule has 0 saturated carbocycles. The van der Waals surface area contributed by atoms with Crippen LogP contribution in [0.25, 0.3) is 0 Å².